The van der Waals surface area contributed by atoms with E-state index >= 15 is 0 Å². The fourth-order valence-corrected chi connectivity index (χ4v) is 3.84. The average Bonchev–Trinajstić information content (AvgIpc) is 3.39. The van der Waals surface area contributed by atoms with Crippen molar-refractivity contribution in [1.29, 1.82) is 0 Å². The van der Waals surface area contributed by atoms with Crippen molar-refractivity contribution in [3.05, 3.63) is 64.5 Å². The second-order valence-corrected chi connectivity index (χ2v) is 7.75. The summed E-state index contributed by atoms with van der Waals surface area (Å²) in [6.45, 7) is 3.02. The number of aromatic nitrogens is 3. The molecule has 1 atom stereocenters. The van der Waals surface area contributed by atoms with Crippen LogP contribution in [0, 0.1) is 6.92 Å². The van der Waals surface area contributed by atoms with Crippen molar-refractivity contribution in [2.24, 2.45) is 7.05 Å². The van der Waals surface area contributed by atoms with Crippen molar-refractivity contribution < 1.29 is 28.6 Å². The molecule has 10 nitrogen and oxygen atoms in total. The predicted molar refractivity (Wildman–Crippen MR) is 123 cm³/mol. The minimum Gasteiger partial charge on any atom is -0.497 e. The molecule has 1 aromatic carbocycles. The molecule has 2 heterocycles. The SMILES string of the molecule is COC(=O)c1c(CC(=O)NC(c2cc(OC)cc(OC)c2)c2nccn2C)[nH]c(C(C)=O)c1C. The number of rotatable bonds is 9. The average molecular weight is 469 g/mol. The van der Waals surface area contributed by atoms with Crippen LogP contribution in [0.4, 0.5) is 0 Å². The number of ketones is 1. The highest BCUT2D eigenvalue weighted by Crippen LogP contribution is 2.30. The minimum absolute atomic E-state index is 0.180. The van der Waals surface area contributed by atoms with E-state index in [0.29, 0.717) is 34.1 Å². The number of hydrogen-bond donors (Lipinski definition) is 2. The van der Waals surface area contributed by atoms with Gasteiger partial charge in [0.2, 0.25) is 5.91 Å². The molecule has 2 aromatic heterocycles. The van der Waals surface area contributed by atoms with Crippen LogP contribution >= 0.6 is 0 Å². The van der Waals surface area contributed by atoms with Gasteiger partial charge >= 0.3 is 5.97 Å². The number of aromatic amines is 1. The zero-order chi connectivity index (χ0) is 25.0. The van der Waals surface area contributed by atoms with Crippen LogP contribution in [-0.2, 0) is 23.0 Å². The Kier molecular flexibility index (Phi) is 7.40. The number of H-pyrrole nitrogens is 1. The van der Waals surface area contributed by atoms with Crippen molar-refractivity contribution in [1.82, 2.24) is 19.9 Å². The van der Waals surface area contributed by atoms with Crippen LogP contribution < -0.4 is 14.8 Å². The number of benzene rings is 1. The van der Waals surface area contributed by atoms with E-state index < -0.39 is 17.9 Å². The highest BCUT2D eigenvalue weighted by Gasteiger charge is 2.27. The number of aryl methyl sites for hydroxylation is 1. The molecular weight excluding hydrogens is 440 g/mol. The Balaban J connectivity index is 1.99. The molecule has 180 valence electrons. The molecule has 0 aliphatic heterocycles. The van der Waals surface area contributed by atoms with Crippen molar-refractivity contribution in [3.63, 3.8) is 0 Å². The van der Waals surface area contributed by atoms with Crippen LogP contribution in [0.15, 0.2) is 30.6 Å². The van der Waals surface area contributed by atoms with E-state index in [0.717, 1.165) is 0 Å². The molecule has 0 spiro atoms. The van der Waals surface area contributed by atoms with Gasteiger partial charge < -0.3 is 29.1 Å². The third-order valence-electron chi connectivity index (χ3n) is 5.54. The molecule has 1 amide bonds. The standard InChI is InChI=1S/C24H28N4O6/c1-13-20(24(31)34-6)18(26-21(13)14(2)29)12-19(30)27-22(23-25-7-8-28(23)3)15-9-16(32-4)11-17(10-15)33-5/h7-11,22,26H,12H2,1-6H3,(H,27,30). The van der Waals surface area contributed by atoms with Gasteiger partial charge in [-0.15, -0.1) is 0 Å². The molecule has 2 N–H and O–H groups in total. The predicted octanol–water partition coefficient (Wildman–Crippen LogP) is 2.51. The van der Waals surface area contributed by atoms with Crippen molar-refractivity contribution >= 4 is 17.7 Å². The summed E-state index contributed by atoms with van der Waals surface area (Å²) in [5, 5.41) is 2.98. The molecule has 0 aliphatic rings. The smallest absolute Gasteiger partial charge is 0.339 e. The zero-order valence-corrected chi connectivity index (χ0v) is 20.0. The molecule has 10 heteroatoms. The van der Waals surface area contributed by atoms with Gasteiger partial charge in [0, 0.05) is 38.1 Å². The van der Waals surface area contributed by atoms with Gasteiger partial charge in [0.15, 0.2) is 5.78 Å². The number of carbonyl (C=O) groups is 3. The van der Waals surface area contributed by atoms with E-state index in [9.17, 15) is 14.4 Å². The summed E-state index contributed by atoms with van der Waals surface area (Å²) >= 11 is 0. The van der Waals surface area contributed by atoms with Crippen LogP contribution in [-0.4, -0.2) is 53.5 Å². The molecule has 0 saturated carbocycles. The molecule has 1 unspecified atom stereocenters. The topological polar surface area (TPSA) is 125 Å². The number of hydrogen-bond acceptors (Lipinski definition) is 7. The zero-order valence-electron chi connectivity index (χ0n) is 20.0. The van der Waals surface area contributed by atoms with Gasteiger partial charge in [-0.1, -0.05) is 0 Å². The largest absolute Gasteiger partial charge is 0.497 e. The van der Waals surface area contributed by atoms with Gasteiger partial charge in [-0.2, -0.15) is 0 Å². The fourth-order valence-electron chi connectivity index (χ4n) is 3.84. The van der Waals surface area contributed by atoms with E-state index in [2.05, 4.69) is 15.3 Å². The van der Waals surface area contributed by atoms with Crippen LogP contribution in [0.25, 0.3) is 0 Å². The second-order valence-electron chi connectivity index (χ2n) is 7.75. The lowest BCUT2D eigenvalue weighted by Gasteiger charge is -2.20. The number of ether oxygens (including phenoxy) is 3. The molecule has 0 fully saturated rings. The van der Waals surface area contributed by atoms with Gasteiger partial charge in [0.1, 0.15) is 23.4 Å². The number of esters is 1. The van der Waals surface area contributed by atoms with E-state index in [1.807, 2.05) is 7.05 Å². The van der Waals surface area contributed by atoms with E-state index in [1.165, 1.54) is 14.0 Å². The third-order valence-corrected chi connectivity index (χ3v) is 5.54. The summed E-state index contributed by atoms with van der Waals surface area (Å²) in [6.07, 6.45) is 3.23. The van der Waals surface area contributed by atoms with Crippen LogP contribution in [0.2, 0.25) is 0 Å². The van der Waals surface area contributed by atoms with E-state index in [-0.39, 0.29) is 23.5 Å². The number of nitrogens with zero attached hydrogens (tertiary/aromatic N) is 2. The summed E-state index contributed by atoms with van der Waals surface area (Å²) in [6, 6.07) is 4.67. The number of Topliss-reactive ketones (excluding diaryl/α,β-unsaturated/α-hetero) is 1. The Morgan fingerprint density at radius 1 is 1.12 bits per heavy atom. The first-order chi connectivity index (χ1) is 16.2. The fraction of sp³-hybridized carbons (Fsp3) is 0.333. The summed E-state index contributed by atoms with van der Waals surface area (Å²) in [5.74, 6) is 0.440. The summed E-state index contributed by atoms with van der Waals surface area (Å²) in [4.78, 5) is 44.9. The number of carbonyl (C=O) groups excluding carboxylic acids is 3. The third kappa shape index (κ3) is 4.95. The molecular formula is C24H28N4O6. The molecule has 3 rings (SSSR count). The van der Waals surface area contributed by atoms with Crippen molar-refractivity contribution in [2.45, 2.75) is 26.3 Å². The maximum Gasteiger partial charge on any atom is 0.339 e. The number of methoxy groups -OCH3 is 3. The van der Waals surface area contributed by atoms with Gasteiger partial charge in [0.05, 0.1) is 39.0 Å². The first-order valence-electron chi connectivity index (χ1n) is 10.5. The summed E-state index contributed by atoms with van der Waals surface area (Å²) in [7, 11) is 6.16. The van der Waals surface area contributed by atoms with E-state index in [4.69, 9.17) is 14.2 Å². The first-order valence-corrected chi connectivity index (χ1v) is 10.5. The highest BCUT2D eigenvalue weighted by molar-refractivity contribution is 6.01. The lowest BCUT2D eigenvalue weighted by Crippen LogP contribution is -2.32. The Bertz CT molecular complexity index is 1200. The number of imidazole rings is 1. The van der Waals surface area contributed by atoms with Gasteiger partial charge in [0.25, 0.3) is 0 Å². The monoisotopic (exact) mass is 468 g/mol. The molecule has 0 radical (unpaired) electrons. The van der Waals surface area contributed by atoms with Crippen LogP contribution in [0.5, 0.6) is 11.5 Å². The summed E-state index contributed by atoms with van der Waals surface area (Å²) < 4.78 is 17.4. The van der Waals surface area contributed by atoms with Crippen LogP contribution in [0.1, 0.15) is 56.5 Å². The van der Waals surface area contributed by atoms with Crippen molar-refractivity contribution in [3.8, 4) is 11.5 Å². The Morgan fingerprint density at radius 3 is 2.26 bits per heavy atom. The second kappa shape index (κ2) is 10.2. The molecule has 0 bridgehead atoms. The Hall–Kier alpha value is -4.08. The normalized spacial score (nSPS) is 11.6. The maximum atomic E-state index is 13.2. The first kappa shape index (κ1) is 24.6. The lowest BCUT2D eigenvalue weighted by molar-refractivity contribution is -0.121. The van der Waals surface area contributed by atoms with Crippen LogP contribution in [0.3, 0.4) is 0 Å². The molecule has 0 aliphatic carbocycles. The summed E-state index contributed by atoms with van der Waals surface area (Å²) in [5.41, 5.74) is 1.88. The van der Waals surface area contributed by atoms with Gasteiger partial charge in [-0.3, -0.25) is 9.59 Å². The molecule has 3 aromatic rings. The van der Waals surface area contributed by atoms with E-state index in [1.54, 1.807) is 56.3 Å². The number of amides is 1. The van der Waals surface area contributed by atoms with Gasteiger partial charge in [-0.25, -0.2) is 9.78 Å². The minimum atomic E-state index is -0.638. The molecule has 34 heavy (non-hydrogen) atoms. The van der Waals surface area contributed by atoms with Gasteiger partial charge in [-0.05, 0) is 30.2 Å². The maximum absolute atomic E-state index is 13.2. The Labute approximate surface area is 197 Å². The molecule has 0 saturated heterocycles. The number of nitrogens with one attached hydrogen (secondary N) is 2. The van der Waals surface area contributed by atoms with Crippen molar-refractivity contribution in [2.75, 3.05) is 21.3 Å². The lowest BCUT2D eigenvalue weighted by atomic mass is 10.0. The highest BCUT2D eigenvalue weighted by atomic mass is 16.5. The Morgan fingerprint density at radius 2 is 1.76 bits per heavy atom. The quantitative estimate of drug-likeness (QED) is 0.365.